The third kappa shape index (κ3) is 10.6. The van der Waals surface area contributed by atoms with E-state index in [1.165, 1.54) is 6.20 Å². The molecule has 170 valence electrons. The number of carboxylic acid groups (broad SMARTS) is 3. The second kappa shape index (κ2) is 13.4. The van der Waals surface area contributed by atoms with Crippen LogP contribution < -0.4 is 16.0 Å². The van der Waals surface area contributed by atoms with Gasteiger partial charge < -0.3 is 31.3 Å². The molecule has 6 N–H and O–H groups in total. The summed E-state index contributed by atoms with van der Waals surface area (Å²) in [5.74, 6) is -4.27. The Bertz CT molecular complexity index is 820. The molecule has 0 bridgehead atoms. The summed E-state index contributed by atoms with van der Waals surface area (Å²) in [4.78, 5) is 60.8. The molecular formula is C18H23IN4O8. The van der Waals surface area contributed by atoms with Crippen molar-refractivity contribution in [2.24, 2.45) is 0 Å². The number of rotatable bonds is 13. The summed E-state index contributed by atoms with van der Waals surface area (Å²) in [5.41, 5.74) is 0.243. The fourth-order valence-electron chi connectivity index (χ4n) is 2.44. The number of unbranched alkanes of at least 4 members (excludes halogenated alkanes) is 1. The summed E-state index contributed by atoms with van der Waals surface area (Å²) in [6, 6.07) is -1.65. The number of nitrogens with zero attached hydrogens (tertiary/aromatic N) is 1. The second-order valence-electron chi connectivity index (χ2n) is 6.48. The van der Waals surface area contributed by atoms with E-state index in [0.29, 0.717) is 12.8 Å². The third-order valence-corrected chi connectivity index (χ3v) is 4.62. The van der Waals surface area contributed by atoms with Crippen molar-refractivity contribution in [3.8, 4) is 0 Å². The molecule has 0 saturated heterocycles. The van der Waals surface area contributed by atoms with Gasteiger partial charge in [0.15, 0.2) is 0 Å². The Labute approximate surface area is 190 Å². The van der Waals surface area contributed by atoms with Gasteiger partial charge in [-0.1, -0.05) is 0 Å². The number of aliphatic carboxylic acids is 3. The van der Waals surface area contributed by atoms with Gasteiger partial charge in [-0.25, -0.2) is 14.4 Å². The first kappa shape index (κ1) is 26.1. The molecule has 2 unspecified atom stereocenters. The van der Waals surface area contributed by atoms with Gasteiger partial charge in [-0.2, -0.15) is 0 Å². The van der Waals surface area contributed by atoms with E-state index in [1.807, 2.05) is 22.6 Å². The summed E-state index contributed by atoms with van der Waals surface area (Å²) in [5, 5.41) is 33.9. The van der Waals surface area contributed by atoms with Crippen molar-refractivity contribution >= 4 is 52.4 Å². The molecule has 1 heterocycles. The highest BCUT2D eigenvalue weighted by atomic mass is 127. The Morgan fingerprint density at radius 1 is 0.935 bits per heavy atom. The fraction of sp³-hybridized carbons (Fsp3) is 0.444. The molecule has 1 aromatic heterocycles. The highest BCUT2D eigenvalue weighted by molar-refractivity contribution is 14.1. The van der Waals surface area contributed by atoms with Gasteiger partial charge in [-0.3, -0.25) is 14.6 Å². The first-order valence-electron chi connectivity index (χ1n) is 9.23. The highest BCUT2D eigenvalue weighted by Gasteiger charge is 2.22. The van der Waals surface area contributed by atoms with Crippen molar-refractivity contribution < 1.29 is 39.3 Å². The van der Waals surface area contributed by atoms with E-state index in [1.54, 1.807) is 12.3 Å². The number of amides is 3. The molecule has 2 atom stereocenters. The normalized spacial score (nSPS) is 12.3. The number of carboxylic acids is 3. The van der Waals surface area contributed by atoms with Crippen LogP contribution in [0.4, 0.5) is 4.79 Å². The van der Waals surface area contributed by atoms with Crippen LogP contribution in [0.15, 0.2) is 18.5 Å². The van der Waals surface area contributed by atoms with Crippen molar-refractivity contribution in [1.82, 2.24) is 20.9 Å². The molecule has 0 aromatic carbocycles. The molecule has 0 saturated carbocycles. The van der Waals surface area contributed by atoms with Crippen LogP contribution in [-0.2, 0) is 14.4 Å². The first-order chi connectivity index (χ1) is 14.6. The lowest BCUT2D eigenvalue weighted by Crippen LogP contribution is -2.46. The van der Waals surface area contributed by atoms with Crippen molar-refractivity contribution in [3.63, 3.8) is 0 Å². The Balaban J connectivity index is 2.38. The number of nitrogens with one attached hydrogen (secondary N) is 3. The maximum atomic E-state index is 12.2. The lowest BCUT2D eigenvalue weighted by molar-refractivity contribution is -0.141. The molecule has 0 spiro atoms. The second-order valence-corrected chi connectivity index (χ2v) is 7.72. The Morgan fingerprint density at radius 3 is 2.16 bits per heavy atom. The smallest absolute Gasteiger partial charge is 0.326 e. The number of urea groups is 1. The van der Waals surface area contributed by atoms with E-state index in [-0.39, 0.29) is 24.9 Å². The zero-order chi connectivity index (χ0) is 23.4. The van der Waals surface area contributed by atoms with Crippen LogP contribution in [0.25, 0.3) is 0 Å². The number of aromatic nitrogens is 1. The monoisotopic (exact) mass is 550 g/mol. The minimum Gasteiger partial charge on any atom is -0.481 e. The lowest BCUT2D eigenvalue weighted by atomic mass is 10.1. The zero-order valence-corrected chi connectivity index (χ0v) is 18.5. The third-order valence-electron chi connectivity index (χ3n) is 4.03. The quantitative estimate of drug-likeness (QED) is 0.151. The van der Waals surface area contributed by atoms with Crippen LogP contribution in [-0.4, -0.2) is 68.8 Å². The first-order valence-corrected chi connectivity index (χ1v) is 10.3. The van der Waals surface area contributed by atoms with Crippen LogP contribution in [0, 0.1) is 3.57 Å². The zero-order valence-electron chi connectivity index (χ0n) is 16.3. The predicted molar refractivity (Wildman–Crippen MR) is 115 cm³/mol. The van der Waals surface area contributed by atoms with Gasteiger partial charge in [0, 0.05) is 28.9 Å². The van der Waals surface area contributed by atoms with Crippen LogP contribution in [0.3, 0.4) is 0 Å². The average Bonchev–Trinajstić information content (AvgIpc) is 2.69. The predicted octanol–water partition coefficient (Wildman–Crippen LogP) is 0.657. The van der Waals surface area contributed by atoms with E-state index in [9.17, 15) is 29.1 Å². The highest BCUT2D eigenvalue weighted by Crippen LogP contribution is 2.07. The number of carbonyl (C=O) groups is 5. The summed E-state index contributed by atoms with van der Waals surface area (Å²) in [7, 11) is 0. The molecular weight excluding hydrogens is 527 g/mol. The number of carbonyl (C=O) groups excluding carboxylic acids is 2. The molecule has 0 fully saturated rings. The maximum Gasteiger partial charge on any atom is 0.326 e. The van der Waals surface area contributed by atoms with Gasteiger partial charge in [0.2, 0.25) is 0 Å². The molecule has 1 aromatic rings. The molecule has 3 amide bonds. The van der Waals surface area contributed by atoms with Gasteiger partial charge in [0.25, 0.3) is 5.91 Å². The maximum absolute atomic E-state index is 12.2. The minimum atomic E-state index is -1.35. The molecule has 12 nitrogen and oxygen atoms in total. The van der Waals surface area contributed by atoms with Crippen molar-refractivity contribution in [2.45, 2.75) is 44.2 Å². The van der Waals surface area contributed by atoms with Crippen LogP contribution >= 0.6 is 22.6 Å². The van der Waals surface area contributed by atoms with E-state index < -0.39 is 48.4 Å². The number of pyridine rings is 1. The summed E-state index contributed by atoms with van der Waals surface area (Å²) in [6.45, 7) is 0.137. The van der Waals surface area contributed by atoms with Crippen molar-refractivity contribution in [1.29, 1.82) is 0 Å². The summed E-state index contributed by atoms with van der Waals surface area (Å²) < 4.78 is 0.731. The molecule has 31 heavy (non-hydrogen) atoms. The van der Waals surface area contributed by atoms with E-state index in [4.69, 9.17) is 10.2 Å². The molecule has 0 aliphatic heterocycles. The average molecular weight is 550 g/mol. The lowest BCUT2D eigenvalue weighted by Gasteiger charge is -2.16. The van der Waals surface area contributed by atoms with Gasteiger partial charge in [0.05, 0.1) is 5.56 Å². The van der Waals surface area contributed by atoms with E-state index >= 15 is 0 Å². The molecule has 0 radical (unpaired) electrons. The number of halogens is 1. The Kier molecular flexibility index (Phi) is 11.2. The standard InChI is InChI=1S/C18H23IN4O8/c19-11-7-10(8-20-9-11)15(26)22-12(16(27)28)3-1-2-6-21-18(31)23-13(17(29)30)4-5-14(24)25/h7-9,12-13H,1-6H2,(H,22,26)(H,24,25)(H,27,28)(H,29,30)(H2,21,23,31). The van der Waals surface area contributed by atoms with Crippen molar-refractivity contribution in [3.05, 3.63) is 27.6 Å². The minimum absolute atomic E-state index is 0.123. The van der Waals surface area contributed by atoms with Gasteiger partial charge >= 0.3 is 23.9 Å². The van der Waals surface area contributed by atoms with E-state index in [0.717, 1.165) is 3.57 Å². The number of hydrogen-bond donors (Lipinski definition) is 6. The molecule has 13 heteroatoms. The Morgan fingerprint density at radius 2 is 1.58 bits per heavy atom. The van der Waals surface area contributed by atoms with Crippen LogP contribution in [0.1, 0.15) is 42.5 Å². The fourth-order valence-corrected chi connectivity index (χ4v) is 2.94. The molecule has 1 rings (SSSR count). The topological polar surface area (TPSA) is 195 Å². The van der Waals surface area contributed by atoms with E-state index in [2.05, 4.69) is 20.9 Å². The SMILES string of the molecule is O=C(O)CCC(NC(=O)NCCCCC(NC(=O)c1cncc(I)c1)C(=O)O)C(=O)O. The van der Waals surface area contributed by atoms with Gasteiger partial charge in [0.1, 0.15) is 12.1 Å². The van der Waals surface area contributed by atoms with Gasteiger partial charge in [-0.05, 0) is 54.3 Å². The van der Waals surface area contributed by atoms with Gasteiger partial charge in [-0.15, -0.1) is 0 Å². The summed E-state index contributed by atoms with van der Waals surface area (Å²) >= 11 is 1.98. The number of hydrogen-bond acceptors (Lipinski definition) is 6. The summed E-state index contributed by atoms with van der Waals surface area (Å²) in [6.07, 6.45) is 3.10. The largest absolute Gasteiger partial charge is 0.481 e. The van der Waals surface area contributed by atoms with Crippen LogP contribution in [0.2, 0.25) is 0 Å². The Hall–Kier alpha value is -2.97. The molecule has 0 aliphatic rings. The van der Waals surface area contributed by atoms with Crippen molar-refractivity contribution in [2.75, 3.05) is 6.54 Å². The molecule has 0 aliphatic carbocycles. The van der Waals surface area contributed by atoms with Crippen LogP contribution in [0.5, 0.6) is 0 Å².